The summed E-state index contributed by atoms with van der Waals surface area (Å²) in [6, 6.07) is 10.7. The van der Waals surface area contributed by atoms with E-state index in [-0.39, 0.29) is 47.7 Å². The van der Waals surface area contributed by atoms with Gasteiger partial charge in [0.1, 0.15) is 23.7 Å². The summed E-state index contributed by atoms with van der Waals surface area (Å²) in [5.41, 5.74) is 7.88. The topological polar surface area (TPSA) is 193 Å². The second kappa shape index (κ2) is 21.7. The number of hydrogen-bond donors (Lipinski definition) is 4. The van der Waals surface area contributed by atoms with Crippen LogP contribution < -0.4 is 10.6 Å². The molecule has 5 atom stereocenters. The molecule has 0 radical (unpaired) electrons. The SMILES string of the molecule is CCC1CC[C@@H](c2nc(-c3ccc(-c4ccc(-c5c[nH]c([C@H](CC(C)C)N(C)C(=O)[C@@H](NC(=O)OC)C6CCOCC6)n5)cc4C)c(C)c3)c[nH]2)N1C(=O)[C@@H](NC(=O)OC)C1CCOCC1. The van der Waals surface area contributed by atoms with E-state index >= 15 is 0 Å². The number of aromatic nitrogens is 4. The number of aromatic amines is 2. The molecule has 3 fully saturated rings. The Labute approximate surface area is 388 Å². The maximum Gasteiger partial charge on any atom is 0.407 e. The highest BCUT2D eigenvalue weighted by Gasteiger charge is 2.44. The largest absolute Gasteiger partial charge is 0.453 e. The van der Waals surface area contributed by atoms with Crippen LogP contribution in [0.2, 0.25) is 0 Å². The molecule has 0 aliphatic carbocycles. The second-order valence-corrected chi connectivity index (χ2v) is 18.5. The summed E-state index contributed by atoms with van der Waals surface area (Å²) in [5, 5.41) is 5.68. The first kappa shape index (κ1) is 48.2. The number of carbonyl (C=O) groups excluding carboxylic acids is 4. The number of H-pyrrole nitrogens is 2. The van der Waals surface area contributed by atoms with Gasteiger partial charge < -0.3 is 49.3 Å². The van der Waals surface area contributed by atoms with Gasteiger partial charge >= 0.3 is 12.2 Å². The summed E-state index contributed by atoms with van der Waals surface area (Å²) in [6.07, 6.45) is 8.35. The van der Waals surface area contributed by atoms with Crippen molar-refractivity contribution in [1.29, 1.82) is 0 Å². The van der Waals surface area contributed by atoms with E-state index in [9.17, 15) is 19.2 Å². The van der Waals surface area contributed by atoms with Crippen molar-refractivity contribution in [3.05, 3.63) is 71.6 Å². The van der Waals surface area contributed by atoms with Crippen LogP contribution in [0.15, 0.2) is 48.8 Å². The highest BCUT2D eigenvalue weighted by molar-refractivity contribution is 5.87. The monoisotopic (exact) mass is 909 g/mol. The van der Waals surface area contributed by atoms with Crippen LogP contribution in [0.25, 0.3) is 33.6 Å². The summed E-state index contributed by atoms with van der Waals surface area (Å²) >= 11 is 0. The lowest BCUT2D eigenvalue weighted by Gasteiger charge is -2.36. The number of amides is 4. The van der Waals surface area contributed by atoms with Gasteiger partial charge in [0.05, 0.1) is 37.7 Å². The highest BCUT2D eigenvalue weighted by Crippen LogP contribution is 2.40. The first-order chi connectivity index (χ1) is 31.8. The van der Waals surface area contributed by atoms with Crippen molar-refractivity contribution in [3.8, 4) is 33.6 Å². The number of rotatable bonds is 15. The average Bonchev–Trinajstić information content (AvgIpc) is 4.12. The Morgan fingerprint density at radius 3 is 1.83 bits per heavy atom. The summed E-state index contributed by atoms with van der Waals surface area (Å²) in [6.45, 7) is 12.7. The van der Waals surface area contributed by atoms with Gasteiger partial charge in [0.2, 0.25) is 11.8 Å². The highest BCUT2D eigenvalue weighted by atomic mass is 16.5. The van der Waals surface area contributed by atoms with Crippen LogP contribution in [0.3, 0.4) is 0 Å². The van der Waals surface area contributed by atoms with Gasteiger partial charge in [-0.25, -0.2) is 19.6 Å². The minimum absolute atomic E-state index is 0.0294. The number of nitrogens with zero attached hydrogens (tertiary/aromatic N) is 4. The Hall–Kier alpha value is -5.74. The zero-order valence-corrected chi connectivity index (χ0v) is 39.8. The van der Waals surface area contributed by atoms with Crippen molar-refractivity contribution in [2.75, 3.05) is 47.7 Å². The van der Waals surface area contributed by atoms with Crippen molar-refractivity contribution in [2.45, 2.75) is 116 Å². The molecule has 356 valence electrons. The number of alkyl carbamates (subject to hydrolysis) is 2. The minimum Gasteiger partial charge on any atom is -0.453 e. The fraction of sp³-hybridized carbons (Fsp3) is 0.560. The number of ether oxygens (including phenoxy) is 4. The molecule has 0 saturated carbocycles. The standard InChI is InChI=1S/C50H68N8O8/c1-9-36-12-15-41(58(36)48(60)44(56-50(62)64-8)33-18-22-66-23-19-33)45-51-27-39(53-45)34-10-13-37(30(4)25-34)38-14-11-35(26-31(38)5)40-28-52-46(54-40)42(24-29(2)3)57(6)47(59)43(55-49(61)63-7)32-16-20-65-21-17-32/h10-11,13-14,25-29,32-33,36,41-44H,9,12,15-24H2,1-8H3,(H,51,53)(H,52,54)(H,55,61)(H,56,62)/t36?,41-,42-,43-,44-/m0/s1. The third-order valence-corrected chi connectivity index (χ3v) is 13.8. The quantitative estimate of drug-likeness (QED) is 0.0908. The number of imidazole rings is 2. The predicted octanol–water partition coefficient (Wildman–Crippen LogP) is 8.04. The number of aryl methyl sites for hydroxylation is 2. The smallest absolute Gasteiger partial charge is 0.407 e. The van der Waals surface area contributed by atoms with Crippen molar-refractivity contribution < 1.29 is 38.1 Å². The molecule has 5 heterocycles. The van der Waals surface area contributed by atoms with Gasteiger partial charge in [0, 0.05) is 63.0 Å². The van der Waals surface area contributed by atoms with E-state index < -0.39 is 24.3 Å². The van der Waals surface area contributed by atoms with Gasteiger partial charge in [-0.3, -0.25) is 9.59 Å². The van der Waals surface area contributed by atoms with E-state index in [4.69, 9.17) is 28.9 Å². The number of methoxy groups -OCH3 is 2. The molecule has 1 unspecified atom stereocenters. The molecule has 16 heteroatoms. The van der Waals surface area contributed by atoms with Gasteiger partial charge in [-0.2, -0.15) is 0 Å². The van der Waals surface area contributed by atoms with Crippen molar-refractivity contribution in [3.63, 3.8) is 0 Å². The van der Waals surface area contributed by atoms with Gasteiger partial charge in [-0.15, -0.1) is 0 Å². The number of likely N-dealkylation sites (N-methyl/N-ethyl adjacent to an activating group) is 1. The third-order valence-electron chi connectivity index (χ3n) is 13.8. The van der Waals surface area contributed by atoms with Gasteiger partial charge in [0.25, 0.3) is 0 Å². The Kier molecular flexibility index (Phi) is 15.9. The molecule has 4 amide bonds. The average molecular weight is 909 g/mol. The van der Waals surface area contributed by atoms with Gasteiger partial charge in [-0.05, 0) is 117 Å². The van der Waals surface area contributed by atoms with Gasteiger partial charge in [-0.1, -0.05) is 45.0 Å². The molecule has 3 aliphatic heterocycles. The predicted molar refractivity (Wildman–Crippen MR) is 250 cm³/mol. The fourth-order valence-corrected chi connectivity index (χ4v) is 10.1. The zero-order chi connectivity index (χ0) is 47.1. The lowest BCUT2D eigenvalue weighted by atomic mass is 9.90. The van der Waals surface area contributed by atoms with E-state index in [0.29, 0.717) is 64.4 Å². The van der Waals surface area contributed by atoms with E-state index in [0.717, 1.165) is 69.9 Å². The Morgan fingerprint density at radius 2 is 1.30 bits per heavy atom. The van der Waals surface area contributed by atoms with Crippen molar-refractivity contribution >= 4 is 24.0 Å². The van der Waals surface area contributed by atoms with Crippen LogP contribution in [0.1, 0.15) is 107 Å². The molecule has 7 rings (SSSR count). The number of nitrogens with one attached hydrogen (secondary N) is 4. The minimum atomic E-state index is -0.742. The molecule has 4 N–H and O–H groups in total. The zero-order valence-electron chi connectivity index (χ0n) is 39.8. The van der Waals surface area contributed by atoms with Crippen LogP contribution in [-0.4, -0.2) is 120 Å². The van der Waals surface area contributed by atoms with Crippen LogP contribution in [0, 0.1) is 31.6 Å². The van der Waals surface area contributed by atoms with E-state index in [1.807, 2.05) is 17.3 Å². The summed E-state index contributed by atoms with van der Waals surface area (Å²) in [7, 11) is 4.40. The lowest BCUT2D eigenvalue weighted by Crippen LogP contribution is -2.54. The first-order valence-electron chi connectivity index (χ1n) is 23.6. The number of benzene rings is 2. The molecule has 2 aromatic carbocycles. The lowest BCUT2D eigenvalue weighted by molar-refractivity contribution is -0.139. The van der Waals surface area contributed by atoms with E-state index in [1.165, 1.54) is 14.2 Å². The maximum atomic E-state index is 14.4. The number of likely N-dealkylation sites (tertiary alicyclic amines) is 1. The molecule has 3 saturated heterocycles. The van der Waals surface area contributed by atoms with E-state index in [1.54, 1.807) is 11.9 Å². The van der Waals surface area contributed by atoms with Crippen LogP contribution in [-0.2, 0) is 28.5 Å². The number of carbonyl (C=O) groups is 4. The fourth-order valence-electron chi connectivity index (χ4n) is 10.1. The summed E-state index contributed by atoms with van der Waals surface area (Å²) < 4.78 is 21.0. The van der Waals surface area contributed by atoms with E-state index in [2.05, 4.69) is 91.6 Å². The molecular weight excluding hydrogens is 841 g/mol. The third kappa shape index (κ3) is 10.8. The Balaban J connectivity index is 1.07. The van der Waals surface area contributed by atoms with Crippen LogP contribution in [0.5, 0.6) is 0 Å². The molecule has 0 bridgehead atoms. The molecule has 2 aromatic heterocycles. The maximum absolute atomic E-state index is 14.4. The van der Waals surface area contributed by atoms with Crippen molar-refractivity contribution in [1.82, 2.24) is 40.4 Å². The Bertz CT molecular complexity index is 2310. The van der Waals surface area contributed by atoms with Crippen LogP contribution >= 0.6 is 0 Å². The van der Waals surface area contributed by atoms with Gasteiger partial charge in [0.15, 0.2) is 0 Å². The Morgan fingerprint density at radius 1 is 0.773 bits per heavy atom. The molecule has 0 spiro atoms. The van der Waals surface area contributed by atoms with Crippen molar-refractivity contribution in [2.24, 2.45) is 17.8 Å². The normalized spacial score (nSPS) is 19.6. The molecule has 4 aromatic rings. The second-order valence-electron chi connectivity index (χ2n) is 18.5. The molecular formula is C50H68N8O8. The molecule has 66 heavy (non-hydrogen) atoms. The number of hydrogen-bond acceptors (Lipinski definition) is 10. The summed E-state index contributed by atoms with van der Waals surface area (Å²) in [4.78, 5) is 74.0. The van der Waals surface area contributed by atoms with Crippen LogP contribution in [0.4, 0.5) is 9.59 Å². The summed E-state index contributed by atoms with van der Waals surface area (Å²) in [5.74, 6) is 1.27. The molecule has 3 aliphatic rings. The molecule has 16 nitrogen and oxygen atoms in total. The first-order valence-corrected chi connectivity index (χ1v) is 23.6.